The first-order valence-electron chi connectivity index (χ1n) is 8.83. The fourth-order valence-electron chi connectivity index (χ4n) is 2.78. The third-order valence-electron chi connectivity index (χ3n) is 4.46. The van der Waals surface area contributed by atoms with E-state index in [0.29, 0.717) is 16.7 Å². The zero-order valence-electron chi connectivity index (χ0n) is 15.5. The van der Waals surface area contributed by atoms with Crippen molar-refractivity contribution in [3.8, 4) is 0 Å². The molecule has 1 heterocycles. The Morgan fingerprint density at radius 2 is 1.74 bits per heavy atom. The first kappa shape index (κ1) is 19.8. The van der Waals surface area contributed by atoms with Crippen molar-refractivity contribution in [3.05, 3.63) is 70.8 Å². The molecule has 0 unspecified atom stereocenters. The van der Waals surface area contributed by atoms with Crippen LogP contribution in [0.1, 0.15) is 31.6 Å². The van der Waals surface area contributed by atoms with Crippen molar-refractivity contribution in [1.82, 2.24) is 4.90 Å². The van der Waals surface area contributed by atoms with Gasteiger partial charge in [-0.1, -0.05) is 36.4 Å². The van der Waals surface area contributed by atoms with Crippen LogP contribution in [0.25, 0.3) is 0 Å². The average molecular weight is 402 g/mol. The summed E-state index contributed by atoms with van der Waals surface area (Å²) in [5.41, 5.74) is 3.90. The van der Waals surface area contributed by atoms with Crippen LogP contribution >= 0.6 is 23.5 Å². The molecule has 4 nitrogen and oxygen atoms in total. The van der Waals surface area contributed by atoms with Gasteiger partial charge in [0.05, 0.1) is 10.1 Å². The highest BCUT2D eigenvalue weighted by Crippen LogP contribution is 2.45. The first-order chi connectivity index (χ1) is 13.0. The number of likely N-dealkylation sites (N-methyl/N-ethyl adjacent to an activating group) is 1. The Hall–Kier alpha value is -1.92. The molecule has 0 spiro atoms. The van der Waals surface area contributed by atoms with Crippen LogP contribution in [0.4, 0.5) is 0 Å². The number of benzene rings is 2. The smallest absolute Gasteiger partial charge is 0.338 e. The molecular weight excluding hydrogens is 378 g/mol. The summed E-state index contributed by atoms with van der Waals surface area (Å²) in [7, 11) is 1.72. The molecule has 2 aromatic carbocycles. The molecule has 0 aliphatic carbocycles. The second kappa shape index (κ2) is 9.33. The van der Waals surface area contributed by atoms with E-state index in [1.807, 2.05) is 66.8 Å². The number of hydrogen-bond acceptors (Lipinski definition) is 5. The summed E-state index contributed by atoms with van der Waals surface area (Å²) in [4.78, 5) is 26.1. The van der Waals surface area contributed by atoms with Crippen LogP contribution in [0.5, 0.6) is 0 Å². The lowest BCUT2D eigenvalue weighted by molar-refractivity contribution is -0.133. The second-order valence-electron chi connectivity index (χ2n) is 6.45. The van der Waals surface area contributed by atoms with E-state index in [9.17, 15) is 9.59 Å². The van der Waals surface area contributed by atoms with Gasteiger partial charge >= 0.3 is 5.97 Å². The normalized spacial score (nSPS) is 14.1. The molecule has 6 heteroatoms. The van der Waals surface area contributed by atoms with Gasteiger partial charge in [-0.2, -0.15) is 0 Å². The predicted octanol–water partition coefficient (Wildman–Crippen LogP) is 4.29. The van der Waals surface area contributed by atoms with Crippen LogP contribution in [-0.4, -0.2) is 41.9 Å². The SMILES string of the molecule is Cc1ccccc1CN(C)C(=O)COC(=O)c1ccc(C2SCCS2)cc1. The number of carbonyl (C=O) groups excluding carboxylic acids is 2. The molecule has 0 saturated carbocycles. The molecule has 1 saturated heterocycles. The van der Waals surface area contributed by atoms with Gasteiger partial charge in [0.25, 0.3) is 5.91 Å². The third-order valence-corrected chi connectivity index (χ3v) is 7.57. The standard InChI is InChI=1S/C21H23NO3S2/c1-15-5-3-4-6-18(15)13-22(2)19(23)14-25-20(24)16-7-9-17(10-8-16)21-26-11-12-27-21/h3-10,21H,11-14H2,1-2H3. The molecule has 2 aromatic rings. The molecule has 3 rings (SSSR count). The van der Waals surface area contributed by atoms with E-state index >= 15 is 0 Å². The molecule has 0 aromatic heterocycles. The number of esters is 1. The van der Waals surface area contributed by atoms with E-state index in [-0.39, 0.29) is 12.5 Å². The van der Waals surface area contributed by atoms with Gasteiger partial charge in [0.15, 0.2) is 6.61 Å². The maximum Gasteiger partial charge on any atom is 0.338 e. The van der Waals surface area contributed by atoms with Gasteiger partial charge in [0.2, 0.25) is 0 Å². The van der Waals surface area contributed by atoms with E-state index in [4.69, 9.17) is 4.74 Å². The van der Waals surface area contributed by atoms with E-state index in [2.05, 4.69) is 0 Å². The Morgan fingerprint density at radius 3 is 2.41 bits per heavy atom. The molecule has 0 bridgehead atoms. The lowest BCUT2D eigenvalue weighted by Gasteiger charge is -2.18. The second-order valence-corrected chi connectivity index (χ2v) is 9.17. The van der Waals surface area contributed by atoms with Gasteiger partial charge in [-0.25, -0.2) is 4.79 Å². The number of aryl methyl sites for hydroxylation is 1. The lowest BCUT2D eigenvalue weighted by atomic mass is 10.1. The summed E-state index contributed by atoms with van der Waals surface area (Å²) in [6.07, 6.45) is 0. The van der Waals surface area contributed by atoms with E-state index in [1.165, 1.54) is 5.56 Å². The minimum absolute atomic E-state index is 0.220. The highest BCUT2D eigenvalue weighted by molar-refractivity contribution is 8.19. The molecule has 0 atom stereocenters. The van der Waals surface area contributed by atoms with E-state index < -0.39 is 5.97 Å². The molecule has 1 aliphatic heterocycles. The van der Waals surface area contributed by atoms with Crippen LogP contribution in [0.2, 0.25) is 0 Å². The van der Waals surface area contributed by atoms with Crippen molar-refractivity contribution in [2.75, 3.05) is 25.2 Å². The highest BCUT2D eigenvalue weighted by atomic mass is 32.2. The summed E-state index contributed by atoms with van der Waals surface area (Å²) in [6.45, 7) is 2.26. The number of ether oxygens (including phenoxy) is 1. The lowest BCUT2D eigenvalue weighted by Crippen LogP contribution is -2.31. The molecule has 1 amide bonds. The maximum atomic E-state index is 12.3. The Labute approximate surface area is 168 Å². The van der Waals surface area contributed by atoms with Crippen molar-refractivity contribution >= 4 is 35.4 Å². The van der Waals surface area contributed by atoms with Crippen LogP contribution < -0.4 is 0 Å². The molecule has 1 aliphatic rings. The van der Waals surface area contributed by atoms with Crippen molar-refractivity contribution in [3.63, 3.8) is 0 Å². The summed E-state index contributed by atoms with van der Waals surface area (Å²) in [5.74, 6) is 1.64. The molecule has 142 valence electrons. The van der Waals surface area contributed by atoms with E-state index in [1.54, 1.807) is 24.1 Å². The molecule has 0 radical (unpaired) electrons. The van der Waals surface area contributed by atoms with Crippen molar-refractivity contribution < 1.29 is 14.3 Å². The molecule has 1 fully saturated rings. The van der Waals surface area contributed by atoms with Gasteiger partial charge in [0, 0.05) is 25.1 Å². The molecular formula is C21H23NO3S2. The average Bonchev–Trinajstić information content (AvgIpc) is 3.22. The number of hydrogen-bond donors (Lipinski definition) is 0. The number of nitrogens with zero attached hydrogens (tertiary/aromatic N) is 1. The summed E-state index contributed by atoms with van der Waals surface area (Å²) in [6, 6.07) is 15.4. The monoisotopic (exact) mass is 401 g/mol. The zero-order valence-corrected chi connectivity index (χ0v) is 17.1. The number of thioether (sulfide) groups is 2. The van der Waals surface area contributed by atoms with Crippen LogP contribution in [0.3, 0.4) is 0 Å². The maximum absolute atomic E-state index is 12.3. The topological polar surface area (TPSA) is 46.6 Å². The fraction of sp³-hybridized carbons (Fsp3) is 0.333. The minimum atomic E-state index is -0.467. The number of carbonyl (C=O) groups is 2. The third kappa shape index (κ3) is 5.30. The highest BCUT2D eigenvalue weighted by Gasteiger charge is 2.19. The number of rotatable bonds is 6. The Morgan fingerprint density at radius 1 is 1.07 bits per heavy atom. The van der Waals surface area contributed by atoms with Crippen LogP contribution in [-0.2, 0) is 16.1 Å². The van der Waals surface area contributed by atoms with E-state index in [0.717, 1.165) is 22.6 Å². The molecule has 27 heavy (non-hydrogen) atoms. The number of amides is 1. The first-order valence-corrected chi connectivity index (χ1v) is 10.9. The van der Waals surface area contributed by atoms with Gasteiger partial charge < -0.3 is 9.64 Å². The van der Waals surface area contributed by atoms with Crippen molar-refractivity contribution in [2.45, 2.75) is 18.1 Å². The Balaban J connectivity index is 1.50. The van der Waals surface area contributed by atoms with Gasteiger partial charge in [-0.05, 0) is 35.7 Å². The molecule has 0 N–H and O–H groups in total. The Bertz CT molecular complexity index is 801. The summed E-state index contributed by atoms with van der Waals surface area (Å²) < 4.78 is 5.65. The van der Waals surface area contributed by atoms with Gasteiger partial charge in [-0.3, -0.25) is 4.79 Å². The Kier molecular flexibility index (Phi) is 6.85. The van der Waals surface area contributed by atoms with Crippen LogP contribution in [0.15, 0.2) is 48.5 Å². The largest absolute Gasteiger partial charge is 0.452 e. The summed E-state index contributed by atoms with van der Waals surface area (Å²) >= 11 is 3.85. The van der Waals surface area contributed by atoms with Crippen molar-refractivity contribution in [2.24, 2.45) is 0 Å². The quantitative estimate of drug-likeness (QED) is 0.676. The van der Waals surface area contributed by atoms with Crippen molar-refractivity contribution in [1.29, 1.82) is 0 Å². The zero-order chi connectivity index (χ0) is 19.2. The van der Waals surface area contributed by atoms with Crippen LogP contribution in [0, 0.1) is 6.92 Å². The van der Waals surface area contributed by atoms with Gasteiger partial charge in [0.1, 0.15) is 0 Å². The summed E-state index contributed by atoms with van der Waals surface area (Å²) in [5, 5.41) is 0. The predicted molar refractivity (Wildman–Crippen MR) is 112 cm³/mol. The minimum Gasteiger partial charge on any atom is -0.452 e. The fourth-order valence-corrected chi connectivity index (χ4v) is 5.64. The van der Waals surface area contributed by atoms with Gasteiger partial charge in [-0.15, -0.1) is 23.5 Å².